The number of aromatic nitrogens is 4. The van der Waals surface area contributed by atoms with Crippen molar-refractivity contribution in [3.8, 4) is 5.82 Å². The molecule has 0 spiro atoms. The van der Waals surface area contributed by atoms with Crippen LogP contribution in [0.1, 0.15) is 23.8 Å². The molecule has 0 radical (unpaired) electrons. The van der Waals surface area contributed by atoms with E-state index in [1.54, 1.807) is 23.5 Å². The standard InChI is InChI=1S/C16H17N7O2/c24-16(13-6-12(21-22-13)14-2-1-5-25-14)19-8-11-3-4-15(18-7-11)23-10-17-9-20-23/h1-5,7,9-10,12-13,21-22H,6,8H2,(H,19,24). The van der Waals surface area contributed by atoms with Crippen molar-refractivity contribution in [2.45, 2.75) is 25.0 Å². The van der Waals surface area contributed by atoms with Gasteiger partial charge in [-0.25, -0.2) is 25.5 Å². The summed E-state index contributed by atoms with van der Waals surface area (Å²) >= 11 is 0. The summed E-state index contributed by atoms with van der Waals surface area (Å²) in [5.41, 5.74) is 6.99. The number of hydrogen-bond acceptors (Lipinski definition) is 7. The van der Waals surface area contributed by atoms with Gasteiger partial charge in [-0.1, -0.05) is 6.07 Å². The number of carbonyl (C=O) groups is 1. The predicted molar refractivity (Wildman–Crippen MR) is 87.1 cm³/mol. The second-order valence-electron chi connectivity index (χ2n) is 5.73. The van der Waals surface area contributed by atoms with Gasteiger partial charge in [0.2, 0.25) is 5.91 Å². The molecular weight excluding hydrogens is 322 g/mol. The Hall–Kier alpha value is -3.04. The van der Waals surface area contributed by atoms with E-state index in [0.717, 1.165) is 11.3 Å². The maximum Gasteiger partial charge on any atom is 0.238 e. The molecule has 25 heavy (non-hydrogen) atoms. The number of nitrogens with zero attached hydrogens (tertiary/aromatic N) is 4. The molecule has 9 heteroatoms. The van der Waals surface area contributed by atoms with E-state index < -0.39 is 0 Å². The van der Waals surface area contributed by atoms with Crippen LogP contribution in [0, 0.1) is 0 Å². The Balaban J connectivity index is 1.30. The van der Waals surface area contributed by atoms with Crippen LogP contribution in [0.5, 0.6) is 0 Å². The van der Waals surface area contributed by atoms with Gasteiger partial charge in [0.15, 0.2) is 5.82 Å². The topological polar surface area (TPSA) is 110 Å². The minimum absolute atomic E-state index is 0.00520. The summed E-state index contributed by atoms with van der Waals surface area (Å²) in [5.74, 6) is 1.42. The molecule has 3 aromatic rings. The van der Waals surface area contributed by atoms with Crippen molar-refractivity contribution in [3.05, 3.63) is 60.7 Å². The molecule has 1 amide bonds. The van der Waals surface area contributed by atoms with E-state index in [1.165, 1.54) is 6.33 Å². The summed E-state index contributed by atoms with van der Waals surface area (Å²) in [5, 5.41) is 6.94. The maximum atomic E-state index is 12.3. The van der Waals surface area contributed by atoms with Crippen molar-refractivity contribution in [1.82, 2.24) is 35.9 Å². The molecule has 2 atom stereocenters. The number of amides is 1. The summed E-state index contributed by atoms with van der Waals surface area (Å²) in [6.07, 6.45) is 7.00. The Morgan fingerprint density at radius 1 is 1.36 bits per heavy atom. The molecule has 4 rings (SSSR count). The average Bonchev–Trinajstić information content (AvgIpc) is 3.42. The van der Waals surface area contributed by atoms with Gasteiger partial charge in [-0.05, 0) is 30.2 Å². The predicted octanol–water partition coefficient (Wildman–Crippen LogP) is 0.479. The molecule has 1 saturated heterocycles. The molecular formula is C16H17N7O2. The van der Waals surface area contributed by atoms with Gasteiger partial charge in [0.05, 0.1) is 12.3 Å². The van der Waals surface area contributed by atoms with E-state index in [1.807, 2.05) is 24.3 Å². The van der Waals surface area contributed by atoms with Crippen LogP contribution in [0.25, 0.3) is 5.82 Å². The number of carbonyl (C=O) groups excluding carboxylic acids is 1. The fourth-order valence-electron chi connectivity index (χ4n) is 2.70. The number of rotatable bonds is 5. The van der Waals surface area contributed by atoms with Gasteiger partial charge in [-0.3, -0.25) is 4.79 Å². The van der Waals surface area contributed by atoms with Crippen LogP contribution in [0.15, 0.2) is 53.8 Å². The van der Waals surface area contributed by atoms with Crippen molar-refractivity contribution in [2.75, 3.05) is 0 Å². The quantitative estimate of drug-likeness (QED) is 0.620. The lowest BCUT2D eigenvalue weighted by Gasteiger charge is -2.10. The number of hydrogen-bond donors (Lipinski definition) is 3. The molecule has 3 aromatic heterocycles. The van der Waals surface area contributed by atoms with Crippen molar-refractivity contribution < 1.29 is 9.21 Å². The van der Waals surface area contributed by atoms with Crippen LogP contribution in [-0.4, -0.2) is 31.7 Å². The largest absolute Gasteiger partial charge is 0.468 e. The van der Waals surface area contributed by atoms with Crippen LogP contribution in [-0.2, 0) is 11.3 Å². The molecule has 0 aliphatic carbocycles. The molecule has 0 aromatic carbocycles. The number of furan rings is 1. The zero-order valence-electron chi connectivity index (χ0n) is 13.3. The maximum absolute atomic E-state index is 12.3. The Morgan fingerprint density at radius 3 is 3.04 bits per heavy atom. The molecule has 0 saturated carbocycles. The molecule has 1 fully saturated rings. The Morgan fingerprint density at radius 2 is 2.32 bits per heavy atom. The zero-order chi connectivity index (χ0) is 17.1. The molecule has 4 heterocycles. The highest BCUT2D eigenvalue weighted by Crippen LogP contribution is 2.22. The molecule has 0 bridgehead atoms. The van der Waals surface area contributed by atoms with Crippen LogP contribution < -0.4 is 16.2 Å². The van der Waals surface area contributed by atoms with Crippen LogP contribution in [0.2, 0.25) is 0 Å². The van der Waals surface area contributed by atoms with Gasteiger partial charge < -0.3 is 9.73 Å². The van der Waals surface area contributed by atoms with E-state index in [-0.39, 0.29) is 18.0 Å². The van der Waals surface area contributed by atoms with E-state index in [4.69, 9.17) is 4.42 Å². The van der Waals surface area contributed by atoms with Crippen molar-refractivity contribution in [1.29, 1.82) is 0 Å². The highest BCUT2D eigenvalue weighted by molar-refractivity contribution is 5.82. The minimum Gasteiger partial charge on any atom is -0.468 e. The van der Waals surface area contributed by atoms with Crippen molar-refractivity contribution >= 4 is 5.91 Å². The summed E-state index contributed by atoms with van der Waals surface area (Å²) in [6.45, 7) is 0.410. The van der Waals surface area contributed by atoms with Gasteiger partial charge in [0, 0.05) is 12.7 Å². The second-order valence-corrected chi connectivity index (χ2v) is 5.73. The van der Waals surface area contributed by atoms with E-state index in [0.29, 0.717) is 18.8 Å². The molecule has 9 nitrogen and oxygen atoms in total. The van der Waals surface area contributed by atoms with Gasteiger partial charge in [-0.15, -0.1) is 0 Å². The molecule has 128 valence electrons. The third-order valence-electron chi connectivity index (χ3n) is 4.04. The molecule has 3 N–H and O–H groups in total. The van der Waals surface area contributed by atoms with Gasteiger partial charge in [-0.2, -0.15) is 5.10 Å². The van der Waals surface area contributed by atoms with Crippen LogP contribution >= 0.6 is 0 Å². The summed E-state index contributed by atoms with van der Waals surface area (Å²) in [7, 11) is 0. The Bertz CT molecular complexity index is 815. The first-order valence-corrected chi connectivity index (χ1v) is 7.92. The van der Waals surface area contributed by atoms with Gasteiger partial charge in [0.25, 0.3) is 0 Å². The monoisotopic (exact) mass is 339 g/mol. The highest BCUT2D eigenvalue weighted by atomic mass is 16.3. The van der Waals surface area contributed by atoms with Crippen LogP contribution in [0.3, 0.4) is 0 Å². The third-order valence-corrected chi connectivity index (χ3v) is 4.04. The fourth-order valence-corrected chi connectivity index (χ4v) is 2.70. The lowest BCUT2D eigenvalue weighted by Crippen LogP contribution is -2.42. The van der Waals surface area contributed by atoms with Gasteiger partial charge in [0.1, 0.15) is 24.5 Å². The first kappa shape index (κ1) is 15.5. The van der Waals surface area contributed by atoms with E-state index in [2.05, 4.69) is 31.2 Å². The lowest BCUT2D eigenvalue weighted by molar-refractivity contribution is -0.123. The van der Waals surface area contributed by atoms with E-state index in [9.17, 15) is 4.79 Å². The summed E-state index contributed by atoms with van der Waals surface area (Å²) in [4.78, 5) is 20.5. The SMILES string of the molecule is O=C(NCc1ccc(-n2cncn2)nc1)C1CC(c2ccco2)NN1. The van der Waals surface area contributed by atoms with Crippen molar-refractivity contribution in [2.24, 2.45) is 0 Å². The minimum atomic E-state index is -0.308. The smallest absolute Gasteiger partial charge is 0.238 e. The molecule has 1 aliphatic heterocycles. The lowest BCUT2D eigenvalue weighted by atomic mass is 10.1. The normalized spacial score (nSPS) is 19.8. The summed E-state index contributed by atoms with van der Waals surface area (Å²) < 4.78 is 6.94. The third kappa shape index (κ3) is 3.42. The van der Waals surface area contributed by atoms with Crippen molar-refractivity contribution in [3.63, 3.8) is 0 Å². The highest BCUT2D eigenvalue weighted by Gasteiger charge is 2.31. The van der Waals surface area contributed by atoms with Gasteiger partial charge >= 0.3 is 0 Å². The number of hydrazine groups is 1. The Labute approximate surface area is 143 Å². The first-order chi connectivity index (χ1) is 12.3. The fraction of sp³-hybridized carbons (Fsp3) is 0.250. The van der Waals surface area contributed by atoms with E-state index >= 15 is 0 Å². The zero-order valence-corrected chi connectivity index (χ0v) is 13.3. The summed E-state index contributed by atoms with van der Waals surface area (Å²) in [6, 6.07) is 7.14. The second kappa shape index (κ2) is 6.83. The molecule has 1 aliphatic rings. The Kier molecular flexibility index (Phi) is 4.23. The average molecular weight is 339 g/mol. The number of nitrogens with one attached hydrogen (secondary N) is 3. The number of pyridine rings is 1. The molecule has 2 unspecified atom stereocenters. The van der Waals surface area contributed by atoms with Crippen LogP contribution in [0.4, 0.5) is 0 Å². The first-order valence-electron chi connectivity index (χ1n) is 7.92.